The third kappa shape index (κ3) is 25.3. The zero-order valence-corrected chi connectivity index (χ0v) is 21.6. The van der Waals surface area contributed by atoms with Gasteiger partial charge in [0.05, 0.1) is 12.1 Å². The van der Waals surface area contributed by atoms with Gasteiger partial charge in [-0.15, -0.1) is 0 Å². The van der Waals surface area contributed by atoms with E-state index in [1.165, 1.54) is 0 Å². The van der Waals surface area contributed by atoms with Gasteiger partial charge in [0.1, 0.15) is 11.7 Å². The highest BCUT2D eigenvalue weighted by Crippen LogP contribution is 1.96. The number of hydrogen-bond acceptors (Lipinski definition) is 14. The highest BCUT2D eigenvalue weighted by Gasteiger charge is 2.12. The fraction of sp³-hybridized carbons (Fsp3) is 0.600. The number of nitrogens with zero attached hydrogens (tertiary/aromatic N) is 2. The highest BCUT2D eigenvalue weighted by atomic mass is 16.5. The Bertz CT molecular complexity index is 754. The minimum absolute atomic E-state index is 0.0142. The normalized spacial score (nSPS) is 14.5. The van der Waals surface area contributed by atoms with Crippen molar-refractivity contribution in [1.29, 1.82) is 0 Å². The van der Waals surface area contributed by atoms with Crippen LogP contribution in [0.4, 0.5) is 0 Å². The maximum Gasteiger partial charge on any atom is 0.414 e. The van der Waals surface area contributed by atoms with E-state index in [1.54, 1.807) is 0 Å². The van der Waals surface area contributed by atoms with Gasteiger partial charge in [-0.05, 0) is 38.8 Å². The van der Waals surface area contributed by atoms with Crippen LogP contribution < -0.4 is 33.6 Å². The van der Waals surface area contributed by atoms with Crippen LogP contribution in [0.1, 0.15) is 25.7 Å². The van der Waals surface area contributed by atoms with Crippen molar-refractivity contribution >= 4 is 47.5 Å². The summed E-state index contributed by atoms with van der Waals surface area (Å²) in [6, 6.07) is 0.0283. The summed E-state index contributed by atoms with van der Waals surface area (Å²) in [6.07, 6.45) is 3.84. The van der Waals surface area contributed by atoms with Crippen molar-refractivity contribution in [2.45, 2.75) is 37.8 Å². The van der Waals surface area contributed by atoms with Gasteiger partial charge in [-0.25, -0.2) is 28.8 Å². The van der Waals surface area contributed by atoms with Crippen LogP contribution in [-0.2, 0) is 28.8 Å². The second kappa shape index (κ2) is 24.9. The van der Waals surface area contributed by atoms with Crippen molar-refractivity contribution < 1.29 is 59.4 Å². The summed E-state index contributed by atoms with van der Waals surface area (Å²) in [5, 5.41) is 50.7. The fourth-order valence-corrected chi connectivity index (χ4v) is 2.23. The molecule has 0 aromatic carbocycles. The quantitative estimate of drug-likeness (QED) is 0.131. The number of nitrogens with one attached hydrogen (secondary N) is 2. The molecule has 0 spiro atoms. The highest BCUT2D eigenvalue weighted by molar-refractivity contribution is 6.28. The number of aliphatic imine (C=N–C) groups is 2. The Labute approximate surface area is 228 Å². The average molecular weight is 583 g/mol. The molecule has 230 valence electrons. The molecular formula is C20H38N8O12. The molecule has 16 N–H and O–H groups in total. The summed E-state index contributed by atoms with van der Waals surface area (Å²) in [5.74, 6) is -9.08. The summed E-state index contributed by atoms with van der Waals surface area (Å²) in [5.41, 5.74) is 22.3. The third-order valence-electron chi connectivity index (χ3n) is 4.05. The maximum absolute atomic E-state index is 9.10. The molecule has 20 nitrogen and oxygen atoms in total. The van der Waals surface area contributed by atoms with E-state index in [2.05, 4.69) is 20.6 Å². The predicted molar refractivity (Wildman–Crippen MR) is 139 cm³/mol. The first-order valence-corrected chi connectivity index (χ1v) is 11.5. The van der Waals surface area contributed by atoms with Crippen LogP contribution in [0.25, 0.3) is 0 Å². The number of nitrogens with two attached hydrogens (primary N) is 4. The fourth-order valence-electron chi connectivity index (χ4n) is 2.23. The van der Waals surface area contributed by atoms with Gasteiger partial charge in [0.2, 0.25) is 0 Å². The van der Waals surface area contributed by atoms with Gasteiger partial charge in [-0.3, -0.25) is 9.98 Å². The molecule has 0 radical (unpaired) electrons. The molecule has 0 amide bonds. The lowest BCUT2D eigenvalue weighted by molar-refractivity contribution is -0.159. The first kappa shape index (κ1) is 40.1. The van der Waals surface area contributed by atoms with Gasteiger partial charge in [0.25, 0.3) is 0 Å². The average Bonchev–Trinajstić information content (AvgIpc) is 2.91. The van der Waals surface area contributed by atoms with Crippen LogP contribution in [0.5, 0.6) is 0 Å². The molecular weight excluding hydrogens is 544 g/mol. The van der Waals surface area contributed by atoms with E-state index < -0.39 is 35.8 Å². The first-order valence-electron chi connectivity index (χ1n) is 11.5. The Morgan fingerprint density at radius 1 is 0.600 bits per heavy atom. The number of carboxylic acids is 6. The summed E-state index contributed by atoms with van der Waals surface area (Å²) < 4.78 is 0. The number of rotatable bonds is 6. The Kier molecular flexibility index (Phi) is 25.0. The summed E-state index contributed by atoms with van der Waals surface area (Å²) in [7, 11) is 0. The standard InChI is InChI=1S/2C7H16N4.3C2H2O4/c2*8-3-2-6(9)7-10-4-1-5-11-7;3*3-1(4)2(5)6/h2*6H,1-5,8-9H2,(H,10,11);3*(H,3,4)(H,5,6). The minimum Gasteiger partial charge on any atom is -0.473 e. The molecule has 20 heteroatoms. The lowest BCUT2D eigenvalue weighted by atomic mass is 10.2. The molecule has 2 aliphatic rings. The predicted octanol–water partition coefficient (Wildman–Crippen LogP) is -4.42. The molecule has 2 aliphatic heterocycles. The number of aliphatic carboxylic acids is 6. The van der Waals surface area contributed by atoms with E-state index in [-0.39, 0.29) is 12.1 Å². The van der Waals surface area contributed by atoms with E-state index in [0.717, 1.165) is 63.5 Å². The minimum atomic E-state index is -1.82. The third-order valence-corrected chi connectivity index (χ3v) is 4.05. The number of carbonyl (C=O) groups is 6. The molecule has 0 aromatic rings. The molecule has 0 aliphatic carbocycles. The van der Waals surface area contributed by atoms with Gasteiger partial charge in [-0.1, -0.05) is 0 Å². The Balaban J connectivity index is -0.000000444. The van der Waals surface area contributed by atoms with Gasteiger partial charge >= 0.3 is 35.8 Å². The van der Waals surface area contributed by atoms with Crippen molar-refractivity contribution in [2.75, 3.05) is 39.3 Å². The molecule has 40 heavy (non-hydrogen) atoms. The molecule has 2 rings (SSSR count). The zero-order valence-electron chi connectivity index (χ0n) is 21.6. The Hall–Kier alpha value is -4.40. The molecule has 0 bridgehead atoms. The van der Waals surface area contributed by atoms with Crippen LogP contribution in [0.15, 0.2) is 9.98 Å². The monoisotopic (exact) mass is 582 g/mol. The van der Waals surface area contributed by atoms with Gasteiger partial charge in [0, 0.05) is 26.2 Å². The number of carboxylic acid groups (broad SMARTS) is 6. The molecule has 0 fully saturated rings. The van der Waals surface area contributed by atoms with Crippen LogP contribution in [-0.4, -0.2) is 129 Å². The summed E-state index contributed by atoms with van der Waals surface area (Å²) >= 11 is 0. The SMILES string of the molecule is NCCC(N)C1=NCCCN1.NCCC(N)C1=NCCCN1.O=C(O)C(=O)O.O=C(O)C(=O)O.O=C(O)C(=O)O. The van der Waals surface area contributed by atoms with E-state index in [0.29, 0.717) is 13.1 Å². The largest absolute Gasteiger partial charge is 0.473 e. The van der Waals surface area contributed by atoms with Crippen LogP contribution in [0.2, 0.25) is 0 Å². The van der Waals surface area contributed by atoms with Crippen molar-refractivity contribution in [3.05, 3.63) is 0 Å². The zero-order chi connectivity index (χ0) is 31.7. The van der Waals surface area contributed by atoms with Crippen molar-refractivity contribution in [3.8, 4) is 0 Å². The van der Waals surface area contributed by atoms with E-state index in [9.17, 15) is 0 Å². The van der Waals surface area contributed by atoms with Crippen molar-refractivity contribution in [3.63, 3.8) is 0 Å². The molecule has 0 saturated heterocycles. The lowest BCUT2D eigenvalue weighted by Gasteiger charge is -2.19. The molecule has 0 aromatic heterocycles. The van der Waals surface area contributed by atoms with E-state index in [1.807, 2.05) is 0 Å². The summed E-state index contributed by atoms with van der Waals surface area (Å²) in [6.45, 7) is 5.05. The number of amidine groups is 2. The first-order chi connectivity index (χ1) is 18.6. The van der Waals surface area contributed by atoms with Gasteiger partial charge in [0.15, 0.2) is 0 Å². The smallest absolute Gasteiger partial charge is 0.414 e. The number of hydrogen-bond donors (Lipinski definition) is 12. The Morgan fingerprint density at radius 3 is 1.00 bits per heavy atom. The van der Waals surface area contributed by atoms with E-state index in [4.69, 9.17) is 82.3 Å². The van der Waals surface area contributed by atoms with E-state index >= 15 is 0 Å². The molecule has 2 heterocycles. The van der Waals surface area contributed by atoms with Gasteiger partial charge < -0.3 is 64.2 Å². The van der Waals surface area contributed by atoms with Crippen molar-refractivity contribution in [1.82, 2.24) is 10.6 Å². The lowest BCUT2D eigenvalue weighted by Crippen LogP contribution is -2.44. The second-order valence-corrected chi connectivity index (χ2v) is 7.29. The molecule has 0 saturated carbocycles. The second-order valence-electron chi connectivity index (χ2n) is 7.29. The van der Waals surface area contributed by atoms with Crippen LogP contribution in [0.3, 0.4) is 0 Å². The van der Waals surface area contributed by atoms with Crippen LogP contribution in [0, 0.1) is 0 Å². The maximum atomic E-state index is 9.10. The molecule has 2 unspecified atom stereocenters. The Morgan fingerprint density at radius 2 is 0.850 bits per heavy atom. The van der Waals surface area contributed by atoms with Gasteiger partial charge in [-0.2, -0.15) is 0 Å². The topological polar surface area (TPSA) is 377 Å². The summed E-state index contributed by atoms with van der Waals surface area (Å²) in [4.78, 5) is 63.1. The van der Waals surface area contributed by atoms with Crippen LogP contribution >= 0.6 is 0 Å². The molecule has 2 atom stereocenters. The van der Waals surface area contributed by atoms with Crippen molar-refractivity contribution in [2.24, 2.45) is 32.9 Å².